The molecule has 7 nitrogen and oxygen atoms in total. The predicted molar refractivity (Wildman–Crippen MR) is 148 cm³/mol. The van der Waals surface area contributed by atoms with Crippen LogP contribution in [0.4, 0.5) is 5.82 Å². The van der Waals surface area contributed by atoms with E-state index in [0.717, 1.165) is 49.2 Å². The van der Waals surface area contributed by atoms with Crippen molar-refractivity contribution in [3.63, 3.8) is 0 Å². The number of ether oxygens (including phenoxy) is 1. The molecule has 7 heteroatoms. The Bertz CT molecular complexity index is 1420. The molecule has 0 saturated carbocycles. The number of carbonyl (C=O) groups is 1. The Morgan fingerprint density at radius 3 is 2.29 bits per heavy atom. The summed E-state index contributed by atoms with van der Waals surface area (Å²) in [5.74, 6) is 0.521. The lowest BCUT2D eigenvalue weighted by atomic mass is 9.90. The third-order valence-electron chi connectivity index (χ3n) is 7.15. The Balaban J connectivity index is 1.35. The van der Waals surface area contributed by atoms with Crippen LogP contribution in [0.5, 0.6) is 5.75 Å². The molecule has 1 aromatic heterocycles. The van der Waals surface area contributed by atoms with E-state index in [1.165, 1.54) is 5.56 Å². The summed E-state index contributed by atoms with van der Waals surface area (Å²) in [6.07, 6.45) is 3.09. The molecular weight excluding hydrogens is 474 g/mol. The van der Waals surface area contributed by atoms with Crippen LogP contribution in [0.15, 0.2) is 78.9 Å². The topological polar surface area (TPSA) is 91.1 Å². The summed E-state index contributed by atoms with van der Waals surface area (Å²) in [7, 11) is 1.61. The van der Waals surface area contributed by atoms with Gasteiger partial charge in [0.2, 0.25) is 5.91 Å². The molecule has 0 spiro atoms. The van der Waals surface area contributed by atoms with Crippen LogP contribution in [0.25, 0.3) is 11.0 Å². The number of nitriles is 1. The van der Waals surface area contributed by atoms with Gasteiger partial charge in [-0.15, -0.1) is 0 Å². The summed E-state index contributed by atoms with van der Waals surface area (Å²) in [5, 5.41) is 13.0. The largest absolute Gasteiger partial charge is 0.497 e. The quantitative estimate of drug-likeness (QED) is 0.362. The summed E-state index contributed by atoms with van der Waals surface area (Å²) >= 11 is 0. The van der Waals surface area contributed by atoms with Gasteiger partial charge in [0.1, 0.15) is 11.4 Å². The molecular formula is C31H31N5O2. The van der Waals surface area contributed by atoms with Crippen molar-refractivity contribution in [2.75, 3.05) is 25.1 Å². The fourth-order valence-corrected chi connectivity index (χ4v) is 5.01. The Hall–Kier alpha value is -4.44. The van der Waals surface area contributed by atoms with Crippen LogP contribution in [-0.4, -0.2) is 36.1 Å². The van der Waals surface area contributed by atoms with Crippen molar-refractivity contribution in [3.8, 4) is 11.8 Å². The summed E-state index contributed by atoms with van der Waals surface area (Å²) in [4.78, 5) is 25.2. The van der Waals surface area contributed by atoms with Crippen LogP contribution < -0.4 is 15.0 Å². The second kappa shape index (κ2) is 11.7. The third kappa shape index (κ3) is 5.76. The molecule has 4 aromatic rings. The minimum absolute atomic E-state index is 0.308. The number of para-hydroxylation sites is 2. The van der Waals surface area contributed by atoms with Gasteiger partial charge < -0.3 is 15.0 Å². The van der Waals surface area contributed by atoms with Crippen molar-refractivity contribution in [2.24, 2.45) is 5.92 Å². The molecule has 5 rings (SSSR count). The number of amides is 1. The zero-order chi connectivity index (χ0) is 26.3. The van der Waals surface area contributed by atoms with Crippen molar-refractivity contribution < 1.29 is 9.53 Å². The summed E-state index contributed by atoms with van der Waals surface area (Å²) < 4.78 is 5.20. The van der Waals surface area contributed by atoms with Crippen LogP contribution in [0.1, 0.15) is 35.6 Å². The van der Waals surface area contributed by atoms with Crippen molar-refractivity contribution in [2.45, 2.75) is 31.7 Å². The Kier molecular flexibility index (Phi) is 7.79. The minimum Gasteiger partial charge on any atom is -0.497 e. The maximum atomic E-state index is 13.3. The van der Waals surface area contributed by atoms with Gasteiger partial charge in [-0.2, -0.15) is 5.26 Å². The lowest BCUT2D eigenvalue weighted by Gasteiger charge is -2.34. The number of anilines is 1. The van der Waals surface area contributed by atoms with Gasteiger partial charge >= 0.3 is 0 Å². The monoisotopic (exact) mass is 505 g/mol. The molecule has 1 aliphatic heterocycles. The SMILES string of the molecule is COc1ccc(CNC(=O)[C@@H](C#N)c2nc3ccccc3nc2N2CCC(Cc3ccccc3)CC2)cc1. The first-order valence-electron chi connectivity index (χ1n) is 13.0. The molecule has 1 fully saturated rings. The molecule has 1 saturated heterocycles. The molecule has 0 unspecified atom stereocenters. The Morgan fingerprint density at radius 2 is 1.63 bits per heavy atom. The second-order valence-corrected chi connectivity index (χ2v) is 9.67. The van der Waals surface area contributed by atoms with E-state index in [9.17, 15) is 10.1 Å². The van der Waals surface area contributed by atoms with Gasteiger partial charge in [-0.05, 0) is 60.6 Å². The van der Waals surface area contributed by atoms with Gasteiger partial charge in [-0.3, -0.25) is 4.79 Å². The second-order valence-electron chi connectivity index (χ2n) is 9.67. The molecule has 2 heterocycles. The molecule has 1 amide bonds. The minimum atomic E-state index is -1.07. The maximum Gasteiger partial charge on any atom is 0.243 e. The number of hydrogen-bond donors (Lipinski definition) is 1. The van der Waals surface area contributed by atoms with Crippen LogP contribution in [-0.2, 0) is 17.8 Å². The molecule has 38 heavy (non-hydrogen) atoms. The van der Waals surface area contributed by atoms with Crippen LogP contribution >= 0.6 is 0 Å². The average molecular weight is 506 g/mol. The van der Waals surface area contributed by atoms with Crippen LogP contribution in [0.3, 0.4) is 0 Å². The molecule has 0 aliphatic carbocycles. The maximum absolute atomic E-state index is 13.3. The highest BCUT2D eigenvalue weighted by Gasteiger charge is 2.30. The number of carbonyl (C=O) groups excluding carboxylic acids is 1. The van der Waals surface area contributed by atoms with Crippen LogP contribution in [0, 0.1) is 17.2 Å². The van der Waals surface area contributed by atoms with Gasteiger partial charge in [-0.25, -0.2) is 9.97 Å². The fourth-order valence-electron chi connectivity index (χ4n) is 5.01. The lowest BCUT2D eigenvalue weighted by Crippen LogP contribution is -2.37. The molecule has 3 aromatic carbocycles. The Labute approximate surface area is 223 Å². The first-order valence-corrected chi connectivity index (χ1v) is 13.0. The third-order valence-corrected chi connectivity index (χ3v) is 7.15. The number of benzene rings is 3. The van der Waals surface area contributed by atoms with Crippen molar-refractivity contribution in [1.82, 2.24) is 15.3 Å². The smallest absolute Gasteiger partial charge is 0.243 e. The van der Waals surface area contributed by atoms with Gasteiger partial charge in [0.05, 0.1) is 24.2 Å². The highest BCUT2D eigenvalue weighted by molar-refractivity contribution is 5.88. The lowest BCUT2D eigenvalue weighted by molar-refractivity contribution is -0.121. The summed E-state index contributed by atoms with van der Waals surface area (Å²) in [6, 6.07) is 27.9. The van der Waals surface area contributed by atoms with Crippen molar-refractivity contribution in [3.05, 3.63) is 95.7 Å². The van der Waals surface area contributed by atoms with E-state index in [1.54, 1.807) is 7.11 Å². The highest BCUT2D eigenvalue weighted by atomic mass is 16.5. The summed E-state index contributed by atoms with van der Waals surface area (Å²) in [5.41, 5.74) is 4.12. The zero-order valence-electron chi connectivity index (χ0n) is 21.5. The standard InChI is InChI=1S/C31H31N5O2/c1-38-25-13-11-24(12-14-25)21-33-31(37)26(20-32)29-30(35-28-10-6-5-9-27(28)34-29)36-17-15-23(16-18-36)19-22-7-3-2-4-8-22/h2-14,23,26H,15-19,21H2,1H3,(H,33,37)/t26-/m0/s1. The molecule has 1 N–H and O–H groups in total. The predicted octanol–water partition coefficient (Wildman–Crippen LogP) is 5.02. The van der Waals surface area contributed by atoms with E-state index >= 15 is 0 Å². The number of nitrogens with zero attached hydrogens (tertiary/aromatic N) is 4. The number of rotatable bonds is 8. The first-order chi connectivity index (χ1) is 18.6. The van der Waals surface area contributed by atoms with Gasteiger partial charge in [0.25, 0.3) is 0 Å². The zero-order valence-corrected chi connectivity index (χ0v) is 21.5. The van der Waals surface area contributed by atoms with E-state index < -0.39 is 5.92 Å². The van der Waals surface area contributed by atoms with E-state index in [0.29, 0.717) is 29.5 Å². The normalized spacial score (nSPS) is 14.6. The van der Waals surface area contributed by atoms with E-state index in [2.05, 4.69) is 40.6 Å². The number of piperidine rings is 1. The molecule has 192 valence electrons. The number of nitrogens with one attached hydrogen (secondary N) is 1. The number of methoxy groups -OCH3 is 1. The molecule has 0 radical (unpaired) electrons. The highest BCUT2D eigenvalue weighted by Crippen LogP contribution is 2.31. The van der Waals surface area contributed by atoms with Gasteiger partial charge in [0.15, 0.2) is 11.7 Å². The van der Waals surface area contributed by atoms with Crippen LogP contribution in [0.2, 0.25) is 0 Å². The number of aromatic nitrogens is 2. The van der Waals surface area contributed by atoms with Crippen molar-refractivity contribution in [1.29, 1.82) is 5.26 Å². The molecule has 1 aliphatic rings. The molecule has 1 atom stereocenters. The first kappa shape index (κ1) is 25.2. The van der Waals surface area contributed by atoms with Gasteiger partial charge in [0, 0.05) is 19.6 Å². The number of fused-ring (bicyclic) bond motifs is 1. The fraction of sp³-hybridized carbons (Fsp3) is 0.290. The van der Waals surface area contributed by atoms with E-state index in [-0.39, 0.29) is 5.91 Å². The number of hydrogen-bond acceptors (Lipinski definition) is 6. The average Bonchev–Trinajstić information content (AvgIpc) is 2.97. The van der Waals surface area contributed by atoms with Crippen molar-refractivity contribution >= 4 is 22.8 Å². The van der Waals surface area contributed by atoms with Gasteiger partial charge in [-0.1, -0.05) is 54.6 Å². The Morgan fingerprint density at radius 1 is 0.974 bits per heavy atom. The van der Waals surface area contributed by atoms with E-state index in [1.807, 2.05) is 54.6 Å². The summed E-state index contributed by atoms with van der Waals surface area (Å²) in [6.45, 7) is 1.93. The molecule has 0 bridgehead atoms. The van der Waals surface area contributed by atoms with E-state index in [4.69, 9.17) is 14.7 Å².